The van der Waals surface area contributed by atoms with Crippen molar-refractivity contribution in [1.29, 1.82) is 0 Å². The predicted molar refractivity (Wildman–Crippen MR) is 215 cm³/mol. The highest BCUT2D eigenvalue weighted by Gasteiger charge is 2.16. The summed E-state index contributed by atoms with van der Waals surface area (Å²) in [6, 6.07) is 51.6. The van der Waals surface area contributed by atoms with Crippen LogP contribution >= 0.6 is 0 Å². The van der Waals surface area contributed by atoms with E-state index in [-0.39, 0.29) is 0 Å². The molecule has 9 heteroatoms. The molecule has 0 unspecified atom stereocenters. The lowest BCUT2D eigenvalue weighted by Gasteiger charge is -2.11. The van der Waals surface area contributed by atoms with Crippen LogP contribution in [0.2, 0.25) is 0 Å². The second-order valence-electron chi connectivity index (χ2n) is 13.4. The maximum atomic E-state index is 5.06. The molecule has 0 amide bonds. The number of fused-ring (bicyclic) bond motifs is 4. The van der Waals surface area contributed by atoms with Gasteiger partial charge in [-0.3, -0.25) is 0 Å². The van der Waals surface area contributed by atoms with Crippen molar-refractivity contribution in [2.45, 2.75) is 0 Å². The van der Waals surface area contributed by atoms with E-state index in [0.29, 0.717) is 11.6 Å². The Hall–Kier alpha value is -7.65. The molecule has 0 saturated carbocycles. The monoisotopic (exact) mass is 695 g/mol. The number of hydrogen-bond donors (Lipinski definition) is 4. The summed E-state index contributed by atoms with van der Waals surface area (Å²) >= 11 is 0. The van der Waals surface area contributed by atoms with Gasteiger partial charge in [0, 0.05) is 11.1 Å². The van der Waals surface area contributed by atoms with Gasteiger partial charge in [-0.2, -0.15) is 0 Å². The molecule has 6 aromatic carbocycles. The lowest BCUT2D eigenvalue weighted by atomic mass is 9.96. The number of aromatic amines is 4. The third kappa shape index (κ3) is 5.22. The molecule has 54 heavy (non-hydrogen) atoms. The third-order valence-electron chi connectivity index (χ3n) is 9.90. The number of imidazole rings is 4. The molecule has 0 radical (unpaired) electrons. The first-order chi connectivity index (χ1) is 26.7. The van der Waals surface area contributed by atoms with Crippen LogP contribution in [0.1, 0.15) is 0 Å². The Bertz CT molecular complexity index is 2650. The van der Waals surface area contributed by atoms with E-state index in [0.717, 1.165) is 101 Å². The summed E-state index contributed by atoms with van der Waals surface area (Å²) in [5.74, 6) is 3.01. The van der Waals surface area contributed by atoms with E-state index in [1.54, 1.807) is 0 Å². The summed E-state index contributed by atoms with van der Waals surface area (Å²) in [6.45, 7) is 0. The van der Waals surface area contributed by atoms with Crippen LogP contribution in [0, 0.1) is 0 Å². The van der Waals surface area contributed by atoms with Gasteiger partial charge in [-0.05, 0) is 101 Å². The largest absolute Gasteiger partial charge is 0.338 e. The molecule has 0 atom stereocenters. The number of nitrogens with one attached hydrogen (secondary N) is 4. The first-order valence-electron chi connectivity index (χ1n) is 17.8. The predicted octanol–water partition coefficient (Wildman–Crippen LogP) is 10.6. The van der Waals surface area contributed by atoms with E-state index in [2.05, 4.69) is 74.5 Å². The zero-order valence-electron chi connectivity index (χ0n) is 28.7. The molecular formula is C45H29N9. The van der Waals surface area contributed by atoms with Gasteiger partial charge >= 0.3 is 0 Å². The number of nitrogens with zero attached hydrogens (tertiary/aromatic N) is 5. The number of benzene rings is 6. The standard InChI is InChI=1S/C45H29N9/c1-2-10-33-32(9-1)47-42(48-33)30-21-28(22-31(23-30)43-49-34-11-3-4-12-35(34)50-43)26-17-19-27(20-18-26)29-24-40(44-51-36-13-5-6-14-37(36)52-44)46-41(25-29)45-53-38-15-7-8-16-39(38)54-45/h1-25H,(H,47,48)(H,49,50)(H,51,52)(H,53,54). The molecule has 4 N–H and O–H groups in total. The van der Waals surface area contributed by atoms with E-state index >= 15 is 0 Å². The zero-order valence-corrected chi connectivity index (χ0v) is 28.7. The number of aromatic nitrogens is 9. The number of para-hydroxylation sites is 8. The maximum absolute atomic E-state index is 5.06. The molecular weight excluding hydrogens is 667 g/mol. The van der Waals surface area contributed by atoms with Crippen LogP contribution in [0.5, 0.6) is 0 Å². The van der Waals surface area contributed by atoms with Gasteiger partial charge < -0.3 is 19.9 Å². The zero-order chi connectivity index (χ0) is 35.6. The summed E-state index contributed by atoms with van der Waals surface area (Å²) in [4.78, 5) is 38.6. The minimum absolute atomic E-state index is 0.701. The molecule has 0 aliphatic heterocycles. The highest BCUT2D eigenvalue weighted by Crippen LogP contribution is 2.35. The highest BCUT2D eigenvalue weighted by atomic mass is 15.0. The maximum Gasteiger partial charge on any atom is 0.157 e. The van der Waals surface area contributed by atoms with Crippen LogP contribution in [0.3, 0.4) is 0 Å². The van der Waals surface area contributed by atoms with Crippen molar-refractivity contribution in [3.8, 4) is 68.1 Å². The normalized spacial score (nSPS) is 11.7. The van der Waals surface area contributed by atoms with Crippen molar-refractivity contribution < 1.29 is 0 Å². The van der Waals surface area contributed by atoms with Crippen molar-refractivity contribution in [1.82, 2.24) is 44.9 Å². The van der Waals surface area contributed by atoms with Gasteiger partial charge in [-0.15, -0.1) is 0 Å². The Labute approximate surface area is 307 Å². The Morgan fingerprint density at radius 2 is 0.574 bits per heavy atom. The lowest BCUT2D eigenvalue weighted by molar-refractivity contribution is 1.20. The molecule has 0 aliphatic carbocycles. The van der Waals surface area contributed by atoms with Gasteiger partial charge in [0.1, 0.15) is 23.0 Å². The average Bonchev–Trinajstić information content (AvgIpc) is 4.04. The van der Waals surface area contributed by atoms with E-state index in [1.165, 1.54) is 0 Å². The Morgan fingerprint density at radius 1 is 0.259 bits per heavy atom. The van der Waals surface area contributed by atoms with Crippen molar-refractivity contribution in [3.05, 3.63) is 152 Å². The van der Waals surface area contributed by atoms with Gasteiger partial charge in [0.2, 0.25) is 0 Å². The number of rotatable bonds is 6. The number of hydrogen-bond acceptors (Lipinski definition) is 5. The van der Waals surface area contributed by atoms with Crippen LogP contribution < -0.4 is 0 Å². The summed E-state index contributed by atoms with van der Waals surface area (Å²) in [5.41, 5.74) is 15.1. The third-order valence-corrected chi connectivity index (χ3v) is 9.90. The highest BCUT2D eigenvalue weighted by molar-refractivity contribution is 5.87. The van der Waals surface area contributed by atoms with Gasteiger partial charge in [-0.25, -0.2) is 24.9 Å². The Morgan fingerprint density at radius 3 is 0.963 bits per heavy atom. The average molecular weight is 696 g/mol. The first kappa shape index (κ1) is 30.0. The van der Waals surface area contributed by atoms with E-state index in [4.69, 9.17) is 24.9 Å². The van der Waals surface area contributed by atoms with E-state index in [9.17, 15) is 0 Å². The molecule has 5 heterocycles. The summed E-state index contributed by atoms with van der Waals surface area (Å²) in [5, 5.41) is 0. The molecule has 0 saturated heterocycles. The van der Waals surface area contributed by atoms with Crippen LogP contribution in [-0.2, 0) is 0 Å². The van der Waals surface area contributed by atoms with Crippen molar-refractivity contribution in [3.63, 3.8) is 0 Å². The molecule has 9 nitrogen and oxygen atoms in total. The SMILES string of the molecule is c1ccc2[nH]c(-c3cc(-c4ccc(-c5cc(-c6nc7ccccc7[nH]6)nc(-c6nc7ccccc7[nH]6)c5)cc4)cc(-c4nc5ccccc5[nH]4)c3)nc2c1. The molecule has 0 aliphatic rings. The van der Waals surface area contributed by atoms with Crippen LogP contribution in [0.4, 0.5) is 0 Å². The Kier molecular flexibility index (Phi) is 6.65. The molecule has 254 valence electrons. The fourth-order valence-electron chi connectivity index (χ4n) is 7.19. The van der Waals surface area contributed by atoms with Crippen LogP contribution in [0.25, 0.3) is 112 Å². The second-order valence-corrected chi connectivity index (χ2v) is 13.4. The summed E-state index contributed by atoms with van der Waals surface area (Å²) in [6.07, 6.45) is 0. The topological polar surface area (TPSA) is 128 Å². The van der Waals surface area contributed by atoms with Crippen molar-refractivity contribution in [2.75, 3.05) is 0 Å². The molecule has 0 bridgehead atoms. The summed E-state index contributed by atoms with van der Waals surface area (Å²) in [7, 11) is 0. The van der Waals surface area contributed by atoms with Gasteiger partial charge in [0.05, 0.1) is 44.1 Å². The van der Waals surface area contributed by atoms with E-state index in [1.807, 2.05) is 97.1 Å². The Balaban J connectivity index is 1.03. The quantitative estimate of drug-likeness (QED) is 0.138. The molecule has 11 rings (SSSR count). The summed E-state index contributed by atoms with van der Waals surface area (Å²) < 4.78 is 0. The molecule has 0 fully saturated rings. The van der Waals surface area contributed by atoms with Crippen LogP contribution in [0.15, 0.2) is 152 Å². The van der Waals surface area contributed by atoms with Crippen LogP contribution in [-0.4, -0.2) is 44.9 Å². The fourth-order valence-corrected chi connectivity index (χ4v) is 7.19. The molecule has 5 aromatic heterocycles. The van der Waals surface area contributed by atoms with Crippen molar-refractivity contribution >= 4 is 44.1 Å². The number of H-pyrrole nitrogens is 4. The van der Waals surface area contributed by atoms with Gasteiger partial charge in [0.15, 0.2) is 11.6 Å². The minimum Gasteiger partial charge on any atom is -0.338 e. The van der Waals surface area contributed by atoms with Crippen molar-refractivity contribution in [2.24, 2.45) is 0 Å². The fraction of sp³-hybridized carbons (Fsp3) is 0. The first-order valence-corrected chi connectivity index (χ1v) is 17.8. The minimum atomic E-state index is 0.701. The smallest absolute Gasteiger partial charge is 0.157 e. The van der Waals surface area contributed by atoms with E-state index < -0.39 is 0 Å². The second kappa shape index (κ2) is 12.0. The molecule has 0 spiro atoms. The number of pyridine rings is 1. The molecule has 11 aromatic rings. The van der Waals surface area contributed by atoms with Gasteiger partial charge in [-0.1, -0.05) is 72.8 Å². The lowest BCUT2D eigenvalue weighted by Crippen LogP contribution is -1.94. The van der Waals surface area contributed by atoms with Gasteiger partial charge in [0.25, 0.3) is 0 Å².